The summed E-state index contributed by atoms with van der Waals surface area (Å²) < 4.78 is 2.30. The first-order valence-corrected chi connectivity index (χ1v) is 7.01. The highest BCUT2D eigenvalue weighted by atomic mass is 79.9. The molecule has 0 saturated carbocycles. The minimum Gasteiger partial charge on any atom is -0.287 e. The standard InChI is InChI=1S/C12H11BrN2OS/c1-15-11(10(13)7-14-15)12(16)8-3-5-9(17-2)6-4-8/h3-7H,1-2H3. The van der Waals surface area contributed by atoms with E-state index in [9.17, 15) is 4.79 Å². The van der Waals surface area contributed by atoms with E-state index in [4.69, 9.17) is 0 Å². The molecule has 88 valence electrons. The number of halogens is 1. The maximum absolute atomic E-state index is 12.3. The molecule has 0 spiro atoms. The minimum atomic E-state index is -0.0236. The van der Waals surface area contributed by atoms with Gasteiger partial charge in [0, 0.05) is 17.5 Å². The van der Waals surface area contributed by atoms with Crippen molar-refractivity contribution in [2.45, 2.75) is 4.90 Å². The molecule has 0 radical (unpaired) electrons. The largest absolute Gasteiger partial charge is 0.287 e. The summed E-state index contributed by atoms with van der Waals surface area (Å²) >= 11 is 4.99. The second-order valence-electron chi connectivity index (χ2n) is 3.52. The van der Waals surface area contributed by atoms with Gasteiger partial charge in [-0.1, -0.05) is 0 Å². The molecule has 0 aliphatic rings. The fourth-order valence-electron chi connectivity index (χ4n) is 1.55. The van der Waals surface area contributed by atoms with Gasteiger partial charge in [0.05, 0.1) is 10.7 Å². The summed E-state index contributed by atoms with van der Waals surface area (Å²) in [5.41, 5.74) is 1.24. The van der Waals surface area contributed by atoms with Gasteiger partial charge in [-0.15, -0.1) is 11.8 Å². The van der Waals surface area contributed by atoms with Crippen LogP contribution < -0.4 is 0 Å². The smallest absolute Gasteiger partial charge is 0.212 e. The fourth-order valence-corrected chi connectivity index (χ4v) is 2.48. The lowest BCUT2D eigenvalue weighted by Crippen LogP contribution is -2.08. The van der Waals surface area contributed by atoms with Gasteiger partial charge in [-0.25, -0.2) is 0 Å². The second-order valence-corrected chi connectivity index (χ2v) is 5.26. The average molecular weight is 311 g/mol. The summed E-state index contributed by atoms with van der Waals surface area (Å²) in [4.78, 5) is 13.4. The predicted molar refractivity (Wildman–Crippen MR) is 72.6 cm³/mol. The third-order valence-electron chi connectivity index (χ3n) is 2.46. The van der Waals surface area contributed by atoms with Crippen LogP contribution >= 0.6 is 27.7 Å². The third-order valence-corrected chi connectivity index (χ3v) is 3.79. The van der Waals surface area contributed by atoms with Crippen LogP contribution in [0.4, 0.5) is 0 Å². The lowest BCUT2D eigenvalue weighted by molar-refractivity contribution is 0.102. The molecule has 3 nitrogen and oxygen atoms in total. The number of ketones is 1. The molecule has 0 aliphatic carbocycles. The van der Waals surface area contributed by atoms with Crippen molar-refractivity contribution >= 4 is 33.5 Å². The van der Waals surface area contributed by atoms with Crippen molar-refractivity contribution in [1.82, 2.24) is 9.78 Å². The number of carbonyl (C=O) groups excluding carboxylic acids is 1. The topological polar surface area (TPSA) is 34.9 Å². The number of aromatic nitrogens is 2. The van der Waals surface area contributed by atoms with Gasteiger partial charge < -0.3 is 0 Å². The van der Waals surface area contributed by atoms with Crippen LogP contribution in [-0.4, -0.2) is 21.8 Å². The molecule has 0 amide bonds. The molecule has 2 aromatic rings. The molecule has 0 saturated heterocycles. The molecular weight excluding hydrogens is 300 g/mol. The van der Waals surface area contributed by atoms with Crippen LogP contribution in [-0.2, 0) is 7.05 Å². The lowest BCUT2D eigenvalue weighted by Gasteiger charge is -2.03. The van der Waals surface area contributed by atoms with E-state index in [2.05, 4.69) is 21.0 Å². The first-order chi connectivity index (χ1) is 8.13. The van der Waals surface area contributed by atoms with Crippen LogP contribution in [0.3, 0.4) is 0 Å². The summed E-state index contributed by atoms with van der Waals surface area (Å²) in [5.74, 6) is -0.0236. The zero-order chi connectivity index (χ0) is 12.4. The second kappa shape index (κ2) is 5.06. The Morgan fingerprint density at radius 2 is 2.00 bits per heavy atom. The maximum Gasteiger partial charge on any atom is 0.212 e. The van der Waals surface area contributed by atoms with E-state index >= 15 is 0 Å². The molecule has 0 fully saturated rings. The Kier molecular flexibility index (Phi) is 3.69. The average Bonchev–Trinajstić information content (AvgIpc) is 2.68. The Hall–Kier alpha value is -1.07. The van der Waals surface area contributed by atoms with E-state index in [0.29, 0.717) is 11.3 Å². The first-order valence-electron chi connectivity index (χ1n) is 4.99. The van der Waals surface area contributed by atoms with Gasteiger partial charge >= 0.3 is 0 Å². The molecule has 2 rings (SSSR count). The Morgan fingerprint density at radius 3 is 2.47 bits per heavy atom. The minimum absolute atomic E-state index is 0.0236. The van der Waals surface area contributed by atoms with E-state index in [0.717, 1.165) is 9.37 Å². The van der Waals surface area contributed by atoms with Gasteiger partial charge in [-0.05, 0) is 46.5 Å². The van der Waals surface area contributed by atoms with E-state index in [1.54, 1.807) is 29.7 Å². The Bertz CT molecular complexity index is 529. The molecule has 1 aromatic carbocycles. The highest BCUT2D eigenvalue weighted by Crippen LogP contribution is 2.21. The van der Waals surface area contributed by atoms with Crippen LogP contribution in [0.15, 0.2) is 39.8 Å². The zero-order valence-corrected chi connectivity index (χ0v) is 11.9. The van der Waals surface area contributed by atoms with E-state index in [1.165, 1.54) is 0 Å². The van der Waals surface area contributed by atoms with Gasteiger partial charge in [-0.3, -0.25) is 9.48 Å². The first kappa shape index (κ1) is 12.4. The molecule has 1 heterocycles. The fraction of sp³-hybridized carbons (Fsp3) is 0.167. The van der Waals surface area contributed by atoms with E-state index in [-0.39, 0.29) is 5.78 Å². The number of thioether (sulfide) groups is 1. The monoisotopic (exact) mass is 310 g/mol. The molecule has 5 heteroatoms. The molecule has 0 bridgehead atoms. The molecule has 17 heavy (non-hydrogen) atoms. The van der Waals surface area contributed by atoms with Gasteiger partial charge in [0.25, 0.3) is 0 Å². The normalized spacial score (nSPS) is 10.5. The molecule has 0 N–H and O–H groups in total. The maximum atomic E-state index is 12.3. The molecule has 0 atom stereocenters. The van der Waals surface area contributed by atoms with Crippen molar-refractivity contribution in [2.75, 3.05) is 6.26 Å². The summed E-state index contributed by atoms with van der Waals surface area (Å²) in [7, 11) is 1.76. The summed E-state index contributed by atoms with van der Waals surface area (Å²) in [6.07, 6.45) is 3.64. The van der Waals surface area contributed by atoms with Crippen LogP contribution in [0.2, 0.25) is 0 Å². The SMILES string of the molecule is CSc1ccc(C(=O)c2c(Br)cnn2C)cc1. The van der Waals surface area contributed by atoms with E-state index in [1.807, 2.05) is 30.5 Å². The van der Waals surface area contributed by atoms with Crippen molar-refractivity contribution in [1.29, 1.82) is 0 Å². The summed E-state index contributed by atoms with van der Waals surface area (Å²) in [6, 6.07) is 7.57. The predicted octanol–water partition coefficient (Wildman–Crippen LogP) is 3.14. The summed E-state index contributed by atoms with van der Waals surface area (Å²) in [6.45, 7) is 0. The lowest BCUT2D eigenvalue weighted by atomic mass is 10.1. The Balaban J connectivity index is 2.37. The van der Waals surface area contributed by atoms with Crippen molar-refractivity contribution in [3.05, 3.63) is 46.2 Å². The van der Waals surface area contributed by atoms with Crippen molar-refractivity contribution in [3.63, 3.8) is 0 Å². The van der Waals surface area contributed by atoms with Crippen LogP contribution in [0.1, 0.15) is 16.1 Å². The van der Waals surface area contributed by atoms with Gasteiger partial charge in [0.2, 0.25) is 5.78 Å². The number of hydrogen-bond acceptors (Lipinski definition) is 3. The molecule has 1 aromatic heterocycles. The van der Waals surface area contributed by atoms with Crippen LogP contribution in [0.25, 0.3) is 0 Å². The third kappa shape index (κ3) is 2.45. The highest BCUT2D eigenvalue weighted by Gasteiger charge is 2.16. The highest BCUT2D eigenvalue weighted by molar-refractivity contribution is 9.10. The quantitative estimate of drug-likeness (QED) is 0.645. The molecule has 0 aliphatic heterocycles. The van der Waals surface area contributed by atoms with Crippen LogP contribution in [0, 0.1) is 0 Å². The number of benzene rings is 1. The van der Waals surface area contributed by atoms with Gasteiger partial charge in [0.1, 0.15) is 5.69 Å². The number of rotatable bonds is 3. The molecular formula is C12H11BrN2OS. The number of hydrogen-bond donors (Lipinski definition) is 0. The van der Waals surface area contributed by atoms with Crippen molar-refractivity contribution in [2.24, 2.45) is 7.05 Å². The number of aryl methyl sites for hydroxylation is 1. The summed E-state index contributed by atoms with van der Waals surface area (Å²) in [5, 5.41) is 4.04. The van der Waals surface area contributed by atoms with Crippen molar-refractivity contribution < 1.29 is 4.79 Å². The van der Waals surface area contributed by atoms with Gasteiger partial charge in [-0.2, -0.15) is 5.10 Å². The Morgan fingerprint density at radius 1 is 1.35 bits per heavy atom. The van der Waals surface area contributed by atoms with E-state index < -0.39 is 0 Å². The van der Waals surface area contributed by atoms with Crippen LogP contribution in [0.5, 0.6) is 0 Å². The van der Waals surface area contributed by atoms with Crippen molar-refractivity contribution in [3.8, 4) is 0 Å². The molecule has 0 unspecified atom stereocenters. The zero-order valence-electron chi connectivity index (χ0n) is 9.48. The number of carbonyl (C=O) groups is 1. The number of nitrogens with zero attached hydrogens (tertiary/aromatic N) is 2. The Labute approximate surface area is 112 Å². The van der Waals surface area contributed by atoms with Gasteiger partial charge in [0.15, 0.2) is 0 Å².